The summed E-state index contributed by atoms with van der Waals surface area (Å²) in [7, 11) is -2.97. The second kappa shape index (κ2) is 4.67. The number of nitrogens with zero attached hydrogens (tertiary/aromatic N) is 3. The lowest BCUT2D eigenvalue weighted by atomic mass is 10.2. The third kappa shape index (κ3) is 2.91. The van der Waals surface area contributed by atoms with Crippen molar-refractivity contribution in [2.45, 2.75) is 18.9 Å². The van der Waals surface area contributed by atoms with Crippen LogP contribution in [-0.4, -0.2) is 36.2 Å². The molecule has 1 aliphatic heterocycles. The molecule has 0 aliphatic carbocycles. The number of anilines is 1. The van der Waals surface area contributed by atoms with Crippen LogP contribution >= 0.6 is 0 Å². The lowest BCUT2D eigenvalue weighted by Crippen LogP contribution is -2.35. The minimum Gasteiger partial charge on any atom is -0.364 e. The van der Waals surface area contributed by atoms with Crippen molar-refractivity contribution >= 4 is 15.7 Å². The third-order valence-electron chi connectivity index (χ3n) is 2.65. The van der Waals surface area contributed by atoms with Gasteiger partial charge in [-0.05, 0) is 18.9 Å². The van der Waals surface area contributed by atoms with Crippen molar-refractivity contribution in [2.75, 3.05) is 16.8 Å². The summed E-state index contributed by atoms with van der Waals surface area (Å²) in [6.07, 6.45) is 2.84. The Morgan fingerprint density at radius 1 is 1.53 bits per heavy atom. The first-order valence-corrected chi connectivity index (χ1v) is 7.11. The summed E-state index contributed by atoms with van der Waals surface area (Å²) in [6.45, 7) is 0. The molecule has 1 aliphatic rings. The Kier molecular flexibility index (Phi) is 3.24. The summed E-state index contributed by atoms with van der Waals surface area (Å²) in [6, 6.07) is 3.36. The summed E-state index contributed by atoms with van der Waals surface area (Å²) >= 11 is 0. The Labute approximate surface area is 99.6 Å². The van der Waals surface area contributed by atoms with Crippen molar-refractivity contribution in [1.82, 2.24) is 10.2 Å². The third-order valence-corrected chi connectivity index (χ3v) is 4.47. The van der Waals surface area contributed by atoms with Crippen molar-refractivity contribution in [2.24, 2.45) is 0 Å². The Morgan fingerprint density at radius 2 is 2.35 bits per heavy atom. The lowest BCUT2D eigenvalue weighted by molar-refractivity contribution is 0.561. The number of hydrogen-bond donors (Lipinski definition) is 1. The SMILES string of the molecule is N#Cc1ccnnc1NC1CCCS(=O)(=O)C1. The average molecular weight is 252 g/mol. The predicted molar refractivity (Wildman–Crippen MR) is 62.0 cm³/mol. The highest BCUT2D eigenvalue weighted by molar-refractivity contribution is 7.91. The normalized spacial score (nSPS) is 22.6. The van der Waals surface area contributed by atoms with Gasteiger partial charge in [-0.15, -0.1) is 5.10 Å². The molecule has 1 atom stereocenters. The Morgan fingerprint density at radius 3 is 3.06 bits per heavy atom. The Balaban J connectivity index is 2.14. The molecule has 0 amide bonds. The van der Waals surface area contributed by atoms with Crippen molar-refractivity contribution in [3.63, 3.8) is 0 Å². The van der Waals surface area contributed by atoms with Crippen molar-refractivity contribution in [3.8, 4) is 6.07 Å². The Bertz CT molecular complexity index is 550. The molecule has 2 heterocycles. The highest BCUT2D eigenvalue weighted by atomic mass is 32.2. The number of nitrogens with one attached hydrogen (secondary N) is 1. The minimum absolute atomic E-state index is 0.0917. The van der Waals surface area contributed by atoms with Gasteiger partial charge < -0.3 is 5.32 Å². The van der Waals surface area contributed by atoms with Gasteiger partial charge >= 0.3 is 0 Å². The molecule has 90 valence electrons. The number of sulfone groups is 1. The molecule has 0 saturated carbocycles. The molecule has 17 heavy (non-hydrogen) atoms. The van der Waals surface area contributed by atoms with E-state index < -0.39 is 9.84 Å². The van der Waals surface area contributed by atoms with Crippen LogP contribution in [0.15, 0.2) is 12.3 Å². The highest BCUT2D eigenvalue weighted by Gasteiger charge is 2.25. The second-order valence-corrected chi connectivity index (χ2v) is 6.23. The molecule has 2 rings (SSSR count). The van der Waals surface area contributed by atoms with Gasteiger partial charge in [0.15, 0.2) is 15.7 Å². The van der Waals surface area contributed by atoms with Crippen LogP contribution in [0.4, 0.5) is 5.82 Å². The first-order chi connectivity index (χ1) is 8.11. The molecule has 1 saturated heterocycles. The van der Waals surface area contributed by atoms with E-state index >= 15 is 0 Å². The molecule has 6 nitrogen and oxygen atoms in total. The van der Waals surface area contributed by atoms with Crippen molar-refractivity contribution in [3.05, 3.63) is 17.8 Å². The molecule has 7 heteroatoms. The molecule has 0 radical (unpaired) electrons. The maximum absolute atomic E-state index is 11.5. The molecule has 1 aromatic rings. The minimum atomic E-state index is -2.97. The predicted octanol–water partition coefficient (Wildman–Crippen LogP) is 0.337. The zero-order valence-electron chi connectivity index (χ0n) is 9.13. The number of rotatable bonds is 2. The fourth-order valence-corrected chi connectivity index (χ4v) is 3.49. The fraction of sp³-hybridized carbons (Fsp3) is 0.500. The van der Waals surface area contributed by atoms with E-state index in [1.807, 2.05) is 6.07 Å². The van der Waals surface area contributed by atoms with Crippen LogP contribution in [0.25, 0.3) is 0 Å². The van der Waals surface area contributed by atoms with Gasteiger partial charge in [0, 0.05) is 6.04 Å². The zero-order chi connectivity index (χ0) is 12.3. The fourth-order valence-electron chi connectivity index (χ4n) is 1.86. The van der Waals surface area contributed by atoms with Crippen LogP contribution in [0.3, 0.4) is 0 Å². The quantitative estimate of drug-likeness (QED) is 0.815. The van der Waals surface area contributed by atoms with Gasteiger partial charge in [0.25, 0.3) is 0 Å². The zero-order valence-corrected chi connectivity index (χ0v) is 9.94. The number of nitriles is 1. The van der Waals surface area contributed by atoms with Gasteiger partial charge in [-0.1, -0.05) is 0 Å². The average Bonchev–Trinajstić information content (AvgIpc) is 2.28. The Hall–Kier alpha value is -1.68. The van der Waals surface area contributed by atoms with Crippen LogP contribution in [0.1, 0.15) is 18.4 Å². The van der Waals surface area contributed by atoms with E-state index in [9.17, 15) is 8.42 Å². The first kappa shape index (κ1) is 11.8. The van der Waals surface area contributed by atoms with E-state index in [-0.39, 0.29) is 17.5 Å². The number of aromatic nitrogens is 2. The maximum atomic E-state index is 11.5. The monoisotopic (exact) mass is 252 g/mol. The van der Waals surface area contributed by atoms with E-state index in [0.717, 1.165) is 6.42 Å². The van der Waals surface area contributed by atoms with Gasteiger partial charge in [0.1, 0.15) is 6.07 Å². The lowest BCUT2D eigenvalue weighted by Gasteiger charge is -2.23. The summed E-state index contributed by atoms with van der Waals surface area (Å²) in [4.78, 5) is 0. The number of hydrogen-bond acceptors (Lipinski definition) is 6. The van der Waals surface area contributed by atoms with Crippen molar-refractivity contribution in [1.29, 1.82) is 5.26 Å². The molecular weight excluding hydrogens is 240 g/mol. The molecule has 0 aromatic carbocycles. The molecule has 1 unspecified atom stereocenters. The van der Waals surface area contributed by atoms with E-state index in [0.29, 0.717) is 17.8 Å². The maximum Gasteiger partial charge on any atom is 0.166 e. The summed E-state index contributed by atoms with van der Waals surface area (Å²) in [5, 5.41) is 19.4. The van der Waals surface area contributed by atoms with Crippen LogP contribution in [0.5, 0.6) is 0 Å². The van der Waals surface area contributed by atoms with Gasteiger partial charge in [0.2, 0.25) is 0 Å². The summed E-state index contributed by atoms with van der Waals surface area (Å²) in [5.41, 5.74) is 0.378. The van der Waals surface area contributed by atoms with Crippen LogP contribution in [-0.2, 0) is 9.84 Å². The standard InChI is InChI=1S/C10H12N4O2S/c11-6-8-3-4-12-14-10(8)13-9-2-1-5-17(15,16)7-9/h3-4,9H,1-2,5,7H2,(H,13,14). The molecule has 1 fully saturated rings. The molecule has 0 bridgehead atoms. The summed E-state index contributed by atoms with van der Waals surface area (Å²) in [5.74, 6) is 0.697. The van der Waals surface area contributed by atoms with Gasteiger partial charge in [-0.25, -0.2) is 8.42 Å². The van der Waals surface area contributed by atoms with E-state index in [4.69, 9.17) is 5.26 Å². The van der Waals surface area contributed by atoms with Crippen LogP contribution in [0.2, 0.25) is 0 Å². The first-order valence-electron chi connectivity index (χ1n) is 5.29. The van der Waals surface area contributed by atoms with E-state index in [2.05, 4.69) is 15.5 Å². The highest BCUT2D eigenvalue weighted by Crippen LogP contribution is 2.17. The smallest absolute Gasteiger partial charge is 0.166 e. The summed E-state index contributed by atoms with van der Waals surface area (Å²) < 4.78 is 22.9. The molecule has 1 aromatic heterocycles. The largest absolute Gasteiger partial charge is 0.364 e. The van der Waals surface area contributed by atoms with Gasteiger partial charge in [0.05, 0.1) is 23.3 Å². The second-order valence-electron chi connectivity index (χ2n) is 4.00. The van der Waals surface area contributed by atoms with Crippen molar-refractivity contribution < 1.29 is 8.42 Å². The van der Waals surface area contributed by atoms with Crippen LogP contribution in [0, 0.1) is 11.3 Å². The van der Waals surface area contributed by atoms with Gasteiger partial charge in [-0.2, -0.15) is 10.4 Å². The molecule has 1 N–H and O–H groups in total. The molecular formula is C10H12N4O2S. The van der Waals surface area contributed by atoms with E-state index in [1.54, 1.807) is 6.07 Å². The van der Waals surface area contributed by atoms with Crippen LogP contribution < -0.4 is 5.32 Å². The van der Waals surface area contributed by atoms with Gasteiger partial charge in [-0.3, -0.25) is 0 Å². The molecule has 0 spiro atoms. The topological polar surface area (TPSA) is 95.7 Å². The van der Waals surface area contributed by atoms with E-state index in [1.165, 1.54) is 6.20 Å².